The maximum absolute atomic E-state index is 10.6. The third kappa shape index (κ3) is 4.88. The van der Waals surface area contributed by atoms with Crippen LogP contribution in [0.25, 0.3) is 0 Å². The molecule has 1 aliphatic heterocycles. The van der Waals surface area contributed by atoms with Crippen LogP contribution in [0.2, 0.25) is 5.02 Å². The molecular weight excluding hydrogens is 407 g/mol. The lowest BCUT2D eigenvalue weighted by Crippen LogP contribution is -2.53. The first-order valence-electron chi connectivity index (χ1n) is 11.1. The number of anilines is 1. The van der Waals surface area contributed by atoms with Gasteiger partial charge in [-0.3, -0.25) is 4.90 Å². The topological polar surface area (TPSA) is 35.9 Å². The van der Waals surface area contributed by atoms with E-state index in [2.05, 4.69) is 15.9 Å². The molecule has 0 radical (unpaired) electrons. The van der Waals surface area contributed by atoms with Crippen LogP contribution in [-0.2, 0) is 4.74 Å². The minimum absolute atomic E-state index is 0. The highest BCUT2D eigenvalue weighted by Gasteiger charge is 2.51. The molecule has 1 unspecified atom stereocenters. The van der Waals surface area contributed by atoms with Crippen molar-refractivity contribution in [2.45, 2.75) is 50.2 Å². The van der Waals surface area contributed by atoms with Gasteiger partial charge in [-0.1, -0.05) is 17.7 Å². The van der Waals surface area contributed by atoms with E-state index in [1.807, 2.05) is 18.2 Å². The molecule has 1 saturated heterocycles. The van der Waals surface area contributed by atoms with Crippen molar-refractivity contribution in [1.82, 2.24) is 4.90 Å². The number of hydrogen-bond acceptors (Lipinski definition) is 4. The summed E-state index contributed by atoms with van der Waals surface area (Å²) in [5.74, 6) is 2.67. The Morgan fingerprint density at radius 1 is 1.03 bits per heavy atom. The molecule has 4 saturated carbocycles. The quantitative estimate of drug-likeness (QED) is 0.717. The summed E-state index contributed by atoms with van der Waals surface area (Å²) in [5, 5.41) is 11.4. The number of rotatable bonds is 6. The Morgan fingerprint density at radius 2 is 1.66 bits per heavy atom. The minimum atomic E-state index is -0.384. The van der Waals surface area contributed by atoms with E-state index in [1.165, 1.54) is 44.2 Å². The van der Waals surface area contributed by atoms with Crippen molar-refractivity contribution in [3.8, 4) is 0 Å². The first-order valence-corrected chi connectivity index (χ1v) is 11.5. The number of aliphatic hydroxyl groups is 1. The fourth-order valence-electron chi connectivity index (χ4n) is 6.69. The Hall–Kier alpha value is -0.520. The second kappa shape index (κ2) is 8.92. The molecule has 1 atom stereocenters. The zero-order valence-corrected chi connectivity index (χ0v) is 18.7. The molecule has 0 spiro atoms. The van der Waals surface area contributed by atoms with E-state index >= 15 is 0 Å². The molecule has 6 heteroatoms. The molecule has 1 aromatic rings. The molecule has 1 aromatic carbocycles. The van der Waals surface area contributed by atoms with Crippen molar-refractivity contribution in [2.75, 3.05) is 44.2 Å². The normalized spacial score (nSPS) is 34.8. The zero-order valence-electron chi connectivity index (χ0n) is 17.1. The standard InChI is InChI=1S/C23H33ClN2O2.ClH/c24-20-2-1-3-21(11-20)26-6-4-25(5-7-26)15-22(27)16-28-23-12-17-8-18(13-23)10-19(9-17)14-23;/h1-3,11,17-19,22,27H,4-10,12-16H2;1H. The van der Waals surface area contributed by atoms with Gasteiger partial charge in [0.1, 0.15) is 0 Å². The van der Waals surface area contributed by atoms with Gasteiger partial charge in [0.05, 0.1) is 18.3 Å². The van der Waals surface area contributed by atoms with Gasteiger partial charge in [-0.05, 0) is 74.5 Å². The molecule has 1 N–H and O–H groups in total. The average molecular weight is 441 g/mol. The van der Waals surface area contributed by atoms with Crippen molar-refractivity contribution in [1.29, 1.82) is 0 Å². The summed E-state index contributed by atoms with van der Waals surface area (Å²) in [6.45, 7) is 5.12. The number of piperazine rings is 1. The van der Waals surface area contributed by atoms with Crippen molar-refractivity contribution in [3.05, 3.63) is 29.3 Å². The monoisotopic (exact) mass is 440 g/mol. The van der Waals surface area contributed by atoms with Crippen LogP contribution in [0.3, 0.4) is 0 Å². The number of nitrogens with zero attached hydrogens (tertiary/aromatic N) is 2. The van der Waals surface area contributed by atoms with Gasteiger partial charge in [0.15, 0.2) is 0 Å². The van der Waals surface area contributed by atoms with Crippen LogP contribution >= 0.6 is 24.0 Å². The summed E-state index contributed by atoms with van der Waals surface area (Å²) in [4.78, 5) is 4.75. The summed E-state index contributed by atoms with van der Waals surface area (Å²) in [6.07, 6.45) is 7.63. The number of aliphatic hydroxyl groups excluding tert-OH is 1. The van der Waals surface area contributed by atoms with Gasteiger partial charge in [-0.15, -0.1) is 12.4 Å². The van der Waals surface area contributed by atoms with Gasteiger partial charge in [-0.2, -0.15) is 0 Å². The van der Waals surface area contributed by atoms with Gasteiger partial charge in [0, 0.05) is 43.4 Å². The second-order valence-electron chi connectivity index (χ2n) is 9.83. The van der Waals surface area contributed by atoms with Crippen LogP contribution < -0.4 is 4.90 Å². The molecular formula is C23H34Cl2N2O2. The van der Waals surface area contributed by atoms with Gasteiger partial charge in [0.2, 0.25) is 0 Å². The van der Waals surface area contributed by atoms with Crippen LogP contribution in [-0.4, -0.2) is 61.0 Å². The van der Waals surface area contributed by atoms with E-state index < -0.39 is 0 Å². The predicted octanol–water partition coefficient (Wildman–Crippen LogP) is 4.23. The third-order valence-corrected chi connectivity index (χ3v) is 7.81. The van der Waals surface area contributed by atoms with Crippen LogP contribution in [0.1, 0.15) is 38.5 Å². The highest BCUT2D eigenvalue weighted by molar-refractivity contribution is 6.30. The smallest absolute Gasteiger partial charge is 0.0900 e. The fraction of sp³-hybridized carbons (Fsp3) is 0.739. The largest absolute Gasteiger partial charge is 0.389 e. The Bertz CT molecular complexity index is 658. The van der Waals surface area contributed by atoms with Crippen molar-refractivity contribution in [2.24, 2.45) is 17.8 Å². The Morgan fingerprint density at radius 3 is 2.24 bits per heavy atom. The Balaban J connectivity index is 0.00000205. The van der Waals surface area contributed by atoms with Crippen LogP contribution in [0.4, 0.5) is 5.69 Å². The summed E-state index contributed by atoms with van der Waals surface area (Å²) >= 11 is 6.12. The van der Waals surface area contributed by atoms with Crippen LogP contribution in [0.15, 0.2) is 24.3 Å². The van der Waals surface area contributed by atoms with E-state index in [0.29, 0.717) is 6.61 Å². The first-order chi connectivity index (χ1) is 13.6. The molecule has 5 aliphatic rings. The van der Waals surface area contributed by atoms with Crippen molar-refractivity contribution < 1.29 is 9.84 Å². The average Bonchev–Trinajstić information content (AvgIpc) is 2.66. The zero-order chi connectivity index (χ0) is 19.1. The maximum atomic E-state index is 10.6. The van der Waals surface area contributed by atoms with Gasteiger partial charge < -0.3 is 14.7 Å². The van der Waals surface area contributed by atoms with Crippen LogP contribution in [0, 0.1) is 17.8 Å². The predicted molar refractivity (Wildman–Crippen MR) is 120 cm³/mol. The Kier molecular flexibility index (Phi) is 6.67. The lowest BCUT2D eigenvalue weighted by atomic mass is 9.54. The minimum Gasteiger partial charge on any atom is -0.389 e. The van der Waals surface area contributed by atoms with Gasteiger partial charge >= 0.3 is 0 Å². The molecule has 162 valence electrons. The molecule has 4 aliphatic carbocycles. The molecule has 29 heavy (non-hydrogen) atoms. The van der Waals surface area contributed by atoms with Crippen molar-refractivity contribution >= 4 is 29.7 Å². The molecule has 4 nitrogen and oxygen atoms in total. The molecule has 4 bridgehead atoms. The first kappa shape index (κ1) is 21.7. The molecule has 1 heterocycles. The van der Waals surface area contributed by atoms with E-state index in [4.69, 9.17) is 16.3 Å². The van der Waals surface area contributed by atoms with E-state index in [-0.39, 0.29) is 24.1 Å². The maximum Gasteiger partial charge on any atom is 0.0900 e. The molecule has 6 rings (SSSR count). The number of hydrogen-bond donors (Lipinski definition) is 1. The van der Waals surface area contributed by atoms with Gasteiger partial charge in [0.25, 0.3) is 0 Å². The third-order valence-electron chi connectivity index (χ3n) is 7.58. The number of ether oxygens (including phenoxy) is 1. The number of benzene rings is 1. The number of halogens is 2. The van der Waals surface area contributed by atoms with E-state index in [1.54, 1.807) is 0 Å². The summed E-state index contributed by atoms with van der Waals surface area (Å²) < 4.78 is 6.45. The summed E-state index contributed by atoms with van der Waals surface area (Å²) in [7, 11) is 0. The fourth-order valence-corrected chi connectivity index (χ4v) is 6.88. The number of β-amino-alcohol motifs (C(OH)–C–C–N with tert-alkyl or cyclic N) is 1. The van der Waals surface area contributed by atoms with Crippen LogP contribution in [0.5, 0.6) is 0 Å². The molecule has 5 fully saturated rings. The SMILES string of the molecule is Cl.OC(COC12CC3CC(CC(C3)C1)C2)CN1CCN(c2cccc(Cl)c2)CC1. The van der Waals surface area contributed by atoms with Crippen molar-refractivity contribution in [3.63, 3.8) is 0 Å². The lowest BCUT2D eigenvalue weighted by Gasteiger charge is -2.56. The highest BCUT2D eigenvalue weighted by Crippen LogP contribution is 2.57. The summed E-state index contributed by atoms with van der Waals surface area (Å²) in [6, 6.07) is 8.08. The van der Waals surface area contributed by atoms with E-state index in [9.17, 15) is 5.11 Å². The summed E-state index contributed by atoms with van der Waals surface area (Å²) in [5.41, 5.74) is 1.29. The molecule has 0 amide bonds. The Labute approximate surface area is 185 Å². The highest BCUT2D eigenvalue weighted by atomic mass is 35.5. The second-order valence-corrected chi connectivity index (χ2v) is 10.3. The van der Waals surface area contributed by atoms with E-state index in [0.717, 1.165) is 55.5 Å². The lowest BCUT2D eigenvalue weighted by molar-refractivity contribution is -0.176. The molecule has 0 aromatic heterocycles. The van der Waals surface area contributed by atoms with Gasteiger partial charge in [-0.25, -0.2) is 0 Å².